The van der Waals surface area contributed by atoms with Gasteiger partial charge in [0.05, 0.1) is 12.1 Å². The molecule has 6 heteroatoms. The fraction of sp³-hybridized carbons (Fsp3) is 0.100. The number of aromatic nitrogens is 2. The van der Waals surface area contributed by atoms with Crippen molar-refractivity contribution in [3.63, 3.8) is 0 Å². The van der Waals surface area contributed by atoms with E-state index in [1.165, 1.54) is 11.3 Å². The van der Waals surface area contributed by atoms with Gasteiger partial charge < -0.3 is 9.47 Å². The lowest BCUT2D eigenvalue weighted by Crippen LogP contribution is -2.08. The molecular formula is C20H16N2O3S. The molecule has 4 rings (SSSR count). The summed E-state index contributed by atoms with van der Waals surface area (Å²) in [5, 5.41) is 1.95. The van der Waals surface area contributed by atoms with Crippen LogP contribution in [0, 0.1) is 0 Å². The summed E-state index contributed by atoms with van der Waals surface area (Å²) < 4.78 is 13.1. The first-order valence-electron chi connectivity index (χ1n) is 8.15. The van der Waals surface area contributed by atoms with Crippen molar-refractivity contribution in [1.29, 1.82) is 0 Å². The molecule has 130 valence electrons. The molecule has 2 aromatic carbocycles. The molecule has 0 fully saturated rings. The van der Waals surface area contributed by atoms with Gasteiger partial charge in [-0.05, 0) is 29.8 Å². The van der Waals surface area contributed by atoms with Crippen molar-refractivity contribution in [3.8, 4) is 11.5 Å². The molecule has 0 saturated carbocycles. The molecule has 0 bridgehead atoms. The van der Waals surface area contributed by atoms with Crippen LogP contribution in [0.2, 0.25) is 0 Å². The van der Waals surface area contributed by atoms with Crippen LogP contribution in [0.5, 0.6) is 11.5 Å². The monoisotopic (exact) mass is 364 g/mol. The first kappa shape index (κ1) is 16.4. The smallest absolute Gasteiger partial charge is 0.312 e. The molecule has 0 atom stereocenters. The van der Waals surface area contributed by atoms with E-state index in [9.17, 15) is 4.79 Å². The van der Waals surface area contributed by atoms with E-state index >= 15 is 0 Å². The average Bonchev–Trinajstić information content (AvgIpc) is 3.23. The van der Waals surface area contributed by atoms with Crippen molar-refractivity contribution < 1.29 is 14.3 Å². The van der Waals surface area contributed by atoms with Crippen molar-refractivity contribution in [1.82, 2.24) is 9.38 Å². The maximum Gasteiger partial charge on any atom is 0.312 e. The maximum atomic E-state index is 12.1. The molecule has 2 heterocycles. The molecule has 0 saturated heterocycles. The van der Waals surface area contributed by atoms with E-state index in [0.29, 0.717) is 11.4 Å². The highest BCUT2D eigenvalue weighted by Gasteiger charge is 2.10. The number of benzene rings is 2. The zero-order chi connectivity index (χ0) is 17.8. The summed E-state index contributed by atoms with van der Waals surface area (Å²) in [5.74, 6) is 1.17. The highest BCUT2D eigenvalue weighted by atomic mass is 32.1. The van der Waals surface area contributed by atoms with Crippen LogP contribution in [0.4, 0.5) is 0 Å². The van der Waals surface area contributed by atoms with E-state index in [1.807, 2.05) is 76.8 Å². The van der Waals surface area contributed by atoms with Crippen LogP contribution >= 0.6 is 11.3 Å². The number of hydrogen-bond donors (Lipinski definition) is 0. The second-order valence-corrected chi connectivity index (χ2v) is 6.60. The van der Waals surface area contributed by atoms with Gasteiger partial charge in [0.1, 0.15) is 18.1 Å². The molecule has 0 unspecified atom stereocenters. The summed E-state index contributed by atoms with van der Waals surface area (Å²) >= 11 is 1.53. The predicted octanol–water partition coefficient (Wildman–Crippen LogP) is 4.47. The third-order valence-electron chi connectivity index (χ3n) is 3.75. The lowest BCUT2D eigenvalue weighted by Gasteiger charge is -2.08. The van der Waals surface area contributed by atoms with Gasteiger partial charge >= 0.3 is 5.97 Å². The summed E-state index contributed by atoms with van der Waals surface area (Å²) in [6.45, 7) is 0.201. The molecule has 0 N–H and O–H groups in total. The van der Waals surface area contributed by atoms with Gasteiger partial charge in [-0.1, -0.05) is 30.3 Å². The fourth-order valence-corrected chi connectivity index (χ4v) is 3.27. The number of carbonyl (C=O) groups is 1. The van der Waals surface area contributed by atoms with E-state index < -0.39 is 0 Å². The van der Waals surface area contributed by atoms with Crippen LogP contribution < -0.4 is 4.74 Å². The number of carbonyl (C=O) groups excluding carboxylic acids is 1. The Balaban J connectivity index is 1.34. The fourth-order valence-electron chi connectivity index (χ4n) is 2.55. The summed E-state index contributed by atoms with van der Waals surface area (Å²) in [6.07, 6.45) is 3.93. The van der Waals surface area contributed by atoms with Gasteiger partial charge in [-0.2, -0.15) is 0 Å². The molecule has 2 aromatic heterocycles. The number of thiazole rings is 1. The highest BCUT2D eigenvalue weighted by molar-refractivity contribution is 7.15. The molecular weight excluding hydrogens is 348 g/mol. The van der Waals surface area contributed by atoms with Gasteiger partial charge in [-0.3, -0.25) is 9.20 Å². The minimum Gasteiger partial charge on any atom is -0.461 e. The van der Waals surface area contributed by atoms with E-state index in [4.69, 9.17) is 9.47 Å². The van der Waals surface area contributed by atoms with Crippen LogP contribution in [-0.4, -0.2) is 15.4 Å². The normalized spacial score (nSPS) is 10.8. The lowest BCUT2D eigenvalue weighted by atomic mass is 10.2. The standard InChI is InChI=1S/C20H16N2O3S/c23-19(12-16-13-22-9-10-26-20(22)21-16)24-14-15-5-4-8-18(11-15)25-17-6-2-1-3-7-17/h1-11,13H,12,14H2. The highest BCUT2D eigenvalue weighted by Crippen LogP contribution is 2.22. The molecule has 4 aromatic rings. The van der Waals surface area contributed by atoms with Gasteiger partial charge in [-0.15, -0.1) is 11.3 Å². The number of rotatable bonds is 6. The molecule has 0 spiro atoms. The van der Waals surface area contributed by atoms with Crippen molar-refractivity contribution in [2.75, 3.05) is 0 Å². The minimum absolute atomic E-state index is 0.161. The summed E-state index contributed by atoms with van der Waals surface area (Å²) in [7, 11) is 0. The first-order chi connectivity index (χ1) is 12.8. The van der Waals surface area contributed by atoms with Gasteiger partial charge in [-0.25, -0.2) is 4.98 Å². The number of fused-ring (bicyclic) bond motifs is 1. The molecule has 26 heavy (non-hydrogen) atoms. The molecule has 5 nitrogen and oxygen atoms in total. The van der Waals surface area contributed by atoms with Crippen molar-refractivity contribution >= 4 is 22.3 Å². The number of esters is 1. The second-order valence-electron chi connectivity index (χ2n) is 5.73. The van der Waals surface area contributed by atoms with E-state index in [-0.39, 0.29) is 19.0 Å². The Kier molecular flexibility index (Phi) is 4.66. The second kappa shape index (κ2) is 7.41. The Morgan fingerprint density at radius 3 is 2.77 bits per heavy atom. The Morgan fingerprint density at radius 1 is 1.08 bits per heavy atom. The van der Waals surface area contributed by atoms with E-state index in [0.717, 1.165) is 16.3 Å². The zero-order valence-electron chi connectivity index (χ0n) is 13.9. The molecule has 0 radical (unpaired) electrons. The number of ether oxygens (including phenoxy) is 2. The SMILES string of the molecule is O=C(Cc1cn2ccsc2n1)OCc1cccc(Oc2ccccc2)c1. The Bertz CT molecular complexity index is 995. The van der Waals surface area contributed by atoms with Crippen molar-refractivity contribution in [3.05, 3.63) is 83.6 Å². The molecule has 0 aliphatic rings. The lowest BCUT2D eigenvalue weighted by molar-refractivity contribution is -0.144. The van der Waals surface area contributed by atoms with Crippen molar-refractivity contribution in [2.45, 2.75) is 13.0 Å². The molecule has 0 amide bonds. The zero-order valence-corrected chi connectivity index (χ0v) is 14.7. The number of hydrogen-bond acceptors (Lipinski definition) is 5. The van der Waals surface area contributed by atoms with Gasteiger partial charge in [0, 0.05) is 17.8 Å². The number of para-hydroxylation sites is 1. The Morgan fingerprint density at radius 2 is 1.92 bits per heavy atom. The van der Waals surface area contributed by atoms with Gasteiger partial charge in [0.2, 0.25) is 0 Å². The van der Waals surface area contributed by atoms with Crippen LogP contribution in [0.1, 0.15) is 11.3 Å². The predicted molar refractivity (Wildman–Crippen MR) is 99.5 cm³/mol. The first-order valence-corrected chi connectivity index (χ1v) is 9.03. The maximum absolute atomic E-state index is 12.1. The third kappa shape index (κ3) is 3.92. The number of imidazole rings is 1. The van der Waals surface area contributed by atoms with Crippen LogP contribution in [0.3, 0.4) is 0 Å². The summed E-state index contributed by atoms with van der Waals surface area (Å²) in [6, 6.07) is 17.1. The van der Waals surface area contributed by atoms with Crippen molar-refractivity contribution in [2.24, 2.45) is 0 Å². The largest absolute Gasteiger partial charge is 0.461 e. The Hall–Kier alpha value is -3.12. The summed E-state index contributed by atoms with van der Waals surface area (Å²) in [5.41, 5.74) is 1.58. The van der Waals surface area contributed by atoms with Gasteiger partial charge in [0.25, 0.3) is 0 Å². The third-order valence-corrected chi connectivity index (χ3v) is 4.52. The topological polar surface area (TPSA) is 52.8 Å². The van der Waals surface area contributed by atoms with E-state index in [2.05, 4.69) is 4.98 Å². The molecule has 0 aliphatic carbocycles. The van der Waals surface area contributed by atoms with Gasteiger partial charge in [0.15, 0.2) is 4.96 Å². The summed E-state index contributed by atoms with van der Waals surface area (Å²) in [4.78, 5) is 17.3. The van der Waals surface area contributed by atoms with Crippen LogP contribution in [0.15, 0.2) is 72.4 Å². The Labute approximate surface area is 154 Å². The van der Waals surface area contributed by atoms with E-state index in [1.54, 1.807) is 0 Å². The number of nitrogens with zero attached hydrogens (tertiary/aromatic N) is 2. The van der Waals surface area contributed by atoms with Crippen LogP contribution in [-0.2, 0) is 22.6 Å². The van der Waals surface area contributed by atoms with Crippen LogP contribution in [0.25, 0.3) is 4.96 Å². The average molecular weight is 364 g/mol. The minimum atomic E-state index is -0.301. The quantitative estimate of drug-likeness (QED) is 0.474. The molecule has 0 aliphatic heterocycles.